The minimum absolute atomic E-state index is 0.690. The second-order valence-electron chi connectivity index (χ2n) is 3.02. The molecule has 0 amide bonds. The van der Waals surface area contributed by atoms with Crippen LogP contribution in [0.4, 0.5) is 0 Å². The lowest BCUT2D eigenvalue weighted by atomic mass is 10.1. The van der Waals surface area contributed by atoms with Crippen molar-refractivity contribution in [1.82, 2.24) is 4.98 Å². The van der Waals surface area contributed by atoms with E-state index in [1.807, 2.05) is 31.3 Å². The minimum Gasteiger partial charge on any atom is -0.298 e. The van der Waals surface area contributed by atoms with Crippen LogP contribution in [0.2, 0.25) is 0 Å². The van der Waals surface area contributed by atoms with Crippen LogP contribution in [0.15, 0.2) is 30.5 Å². The molecule has 0 radical (unpaired) electrons. The molecular formula is C11H9NOS. The van der Waals surface area contributed by atoms with Gasteiger partial charge in [0.05, 0.1) is 0 Å². The van der Waals surface area contributed by atoms with E-state index in [1.165, 1.54) is 4.88 Å². The molecule has 2 aromatic rings. The average Bonchev–Trinajstić information content (AvgIpc) is 2.65. The summed E-state index contributed by atoms with van der Waals surface area (Å²) in [6.45, 7) is 2.02. The first-order chi connectivity index (χ1) is 6.79. The summed E-state index contributed by atoms with van der Waals surface area (Å²) in [5.41, 5.74) is 1.70. The SMILES string of the molecule is Cc1cnc(-c2cccc(C=O)c2)s1. The summed E-state index contributed by atoms with van der Waals surface area (Å²) in [5, 5.41) is 0.964. The lowest BCUT2D eigenvalue weighted by molar-refractivity contribution is 0.112. The number of hydrogen-bond acceptors (Lipinski definition) is 3. The molecule has 0 aliphatic carbocycles. The largest absolute Gasteiger partial charge is 0.298 e. The molecule has 1 heterocycles. The first kappa shape index (κ1) is 9.09. The quantitative estimate of drug-likeness (QED) is 0.702. The lowest BCUT2D eigenvalue weighted by Gasteiger charge is -1.96. The zero-order valence-corrected chi connectivity index (χ0v) is 8.54. The van der Waals surface area contributed by atoms with Crippen LogP contribution in [0.1, 0.15) is 15.2 Å². The van der Waals surface area contributed by atoms with Crippen LogP contribution in [-0.2, 0) is 0 Å². The molecule has 2 rings (SSSR count). The molecule has 0 aliphatic heterocycles. The molecule has 0 saturated carbocycles. The molecule has 14 heavy (non-hydrogen) atoms. The molecule has 2 nitrogen and oxygen atoms in total. The van der Waals surface area contributed by atoms with Gasteiger partial charge in [0, 0.05) is 22.2 Å². The number of thiazole rings is 1. The van der Waals surface area contributed by atoms with Gasteiger partial charge in [-0.25, -0.2) is 4.98 Å². The van der Waals surface area contributed by atoms with Crippen molar-refractivity contribution in [1.29, 1.82) is 0 Å². The number of aldehydes is 1. The van der Waals surface area contributed by atoms with E-state index in [0.717, 1.165) is 16.9 Å². The summed E-state index contributed by atoms with van der Waals surface area (Å²) in [7, 11) is 0. The van der Waals surface area contributed by atoms with Gasteiger partial charge in [0.25, 0.3) is 0 Å². The fourth-order valence-electron chi connectivity index (χ4n) is 1.23. The Morgan fingerprint density at radius 3 is 2.93 bits per heavy atom. The van der Waals surface area contributed by atoms with Crippen LogP contribution in [-0.4, -0.2) is 11.3 Å². The second kappa shape index (κ2) is 3.72. The summed E-state index contributed by atoms with van der Waals surface area (Å²) in [6, 6.07) is 7.48. The molecule has 1 aromatic carbocycles. The first-order valence-corrected chi connectivity index (χ1v) is 5.09. The van der Waals surface area contributed by atoms with E-state index >= 15 is 0 Å². The summed E-state index contributed by atoms with van der Waals surface area (Å²) in [4.78, 5) is 16.0. The molecule has 3 heteroatoms. The Morgan fingerprint density at radius 2 is 2.29 bits per heavy atom. The molecule has 1 aromatic heterocycles. The number of rotatable bonds is 2. The van der Waals surface area contributed by atoms with Crippen molar-refractivity contribution < 1.29 is 4.79 Å². The van der Waals surface area contributed by atoms with Crippen LogP contribution < -0.4 is 0 Å². The van der Waals surface area contributed by atoms with Gasteiger partial charge >= 0.3 is 0 Å². The fourth-order valence-corrected chi connectivity index (χ4v) is 1.99. The molecule has 70 valence electrons. The molecule has 0 N–H and O–H groups in total. The normalized spacial score (nSPS) is 10.1. The summed E-state index contributed by atoms with van der Waals surface area (Å²) >= 11 is 1.63. The fraction of sp³-hybridized carbons (Fsp3) is 0.0909. The number of aromatic nitrogens is 1. The molecule has 0 spiro atoms. The lowest BCUT2D eigenvalue weighted by Crippen LogP contribution is -1.80. The van der Waals surface area contributed by atoms with Gasteiger partial charge < -0.3 is 0 Å². The van der Waals surface area contributed by atoms with Crippen LogP contribution >= 0.6 is 11.3 Å². The van der Waals surface area contributed by atoms with E-state index in [2.05, 4.69) is 4.98 Å². The highest BCUT2D eigenvalue weighted by atomic mass is 32.1. The monoisotopic (exact) mass is 203 g/mol. The van der Waals surface area contributed by atoms with Gasteiger partial charge in [-0.05, 0) is 13.0 Å². The Kier molecular flexibility index (Phi) is 2.41. The van der Waals surface area contributed by atoms with Crippen molar-refractivity contribution in [2.24, 2.45) is 0 Å². The van der Waals surface area contributed by atoms with Crippen molar-refractivity contribution >= 4 is 17.6 Å². The maximum atomic E-state index is 10.6. The molecule has 0 atom stereocenters. The van der Waals surface area contributed by atoms with Crippen molar-refractivity contribution in [2.45, 2.75) is 6.92 Å². The molecule has 0 saturated heterocycles. The van der Waals surface area contributed by atoms with E-state index < -0.39 is 0 Å². The smallest absolute Gasteiger partial charge is 0.150 e. The Morgan fingerprint density at radius 1 is 1.43 bits per heavy atom. The summed E-state index contributed by atoms with van der Waals surface area (Å²) in [6.07, 6.45) is 2.69. The van der Waals surface area contributed by atoms with E-state index in [9.17, 15) is 4.79 Å². The molecule has 0 unspecified atom stereocenters. The highest BCUT2D eigenvalue weighted by Crippen LogP contribution is 2.24. The van der Waals surface area contributed by atoms with Crippen molar-refractivity contribution in [2.75, 3.05) is 0 Å². The zero-order valence-electron chi connectivity index (χ0n) is 7.73. The molecular weight excluding hydrogens is 194 g/mol. The number of benzene rings is 1. The number of nitrogens with zero attached hydrogens (tertiary/aromatic N) is 1. The maximum Gasteiger partial charge on any atom is 0.150 e. The van der Waals surface area contributed by atoms with Crippen LogP contribution in [0.25, 0.3) is 10.6 Å². The Hall–Kier alpha value is -1.48. The third kappa shape index (κ3) is 1.72. The standard InChI is InChI=1S/C11H9NOS/c1-8-6-12-11(14-8)10-4-2-3-9(5-10)7-13/h2-7H,1H3. The van der Waals surface area contributed by atoms with Crippen molar-refractivity contribution in [3.8, 4) is 10.6 Å². The van der Waals surface area contributed by atoms with E-state index in [4.69, 9.17) is 0 Å². The highest BCUT2D eigenvalue weighted by molar-refractivity contribution is 7.14. The van der Waals surface area contributed by atoms with E-state index in [-0.39, 0.29) is 0 Å². The predicted octanol–water partition coefficient (Wildman–Crippen LogP) is 2.93. The first-order valence-electron chi connectivity index (χ1n) is 4.27. The summed E-state index contributed by atoms with van der Waals surface area (Å²) < 4.78 is 0. The minimum atomic E-state index is 0.690. The van der Waals surface area contributed by atoms with Crippen LogP contribution in [0.3, 0.4) is 0 Å². The summed E-state index contributed by atoms with van der Waals surface area (Å²) in [5.74, 6) is 0. The number of carbonyl (C=O) groups is 1. The Balaban J connectivity index is 2.46. The average molecular weight is 203 g/mol. The maximum absolute atomic E-state index is 10.6. The number of carbonyl (C=O) groups excluding carboxylic acids is 1. The van der Waals surface area contributed by atoms with Gasteiger partial charge in [-0.3, -0.25) is 4.79 Å². The van der Waals surface area contributed by atoms with E-state index in [1.54, 1.807) is 17.4 Å². The predicted molar refractivity (Wildman–Crippen MR) is 57.7 cm³/mol. The van der Waals surface area contributed by atoms with Crippen LogP contribution in [0.5, 0.6) is 0 Å². The third-order valence-corrected chi connectivity index (χ3v) is 2.85. The molecule has 0 bridgehead atoms. The van der Waals surface area contributed by atoms with Gasteiger partial charge in [0.1, 0.15) is 11.3 Å². The van der Waals surface area contributed by atoms with Crippen molar-refractivity contribution in [3.05, 3.63) is 40.9 Å². The molecule has 0 fully saturated rings. The van der Waals surface area contributed by atoms with Gasteiger partial charge in [-0.2, -0.15) is 0 Å². The van der Waals surface area contributed by atoms with Crippen LogP contribution in [0, 0.1) is 6.92 Å². The Labute approximate surface area is 86.2 Å². The van der Waals surface area contributed by atoms with Gasteiger partial charge in [0.15, 0.2) is 0 Å². The third-order valence-electron chi connectivity index (χ3n) is 1.89. The Bertz CT molecular complexity index is 462. The molecule has 0 aliphatic rings. The van der Waals surface area contributed by atoms with Crippen molar-refractivity contribution in [3.63, 3.8) is 0 Å². The van der Waals surface area contributed by atoms with E-state index in [0.29, 0.717) is 5.56 Å². The number of aryl methyl sites for hydroxylation is 1. The second-order valence-corrected chi connectivity index (χ2v) is 4.25. The van der Waals surface area contributed by atoms with Gasteiger partial charge in [-0.1, -0.05) is 18.2 Å². The highest BCUT2D eigenvalue weighted by Gasteiger charge is 2.02. The topological polar surface area (TPSA) is 30.0 Å². The zero-order chi connectivity index (χ0) is 9.97. The van der Waals surface area contributed by atoms with Gasteiger partial charge in [0.2, 0.25) is 0 Å². The van der Waals surface area contributed by atoms with Gasteiger partial charge in [-0.15, -0.1) is 11.3 Å². The number of hydrogen-bond donors (Lipinski definition) is 0.